The number of sulfonamides is 1. The van der Waals surface area contributed by atoms with Gasteiger partial charge in [0, 0.05) is 25.5 Å². The molecule has 1 fully saturated rings. The van der Waals surface area contributed by atoms with Crippen LogP contribution in [0.5, 0.6) is 0 Å². The van der Waals surface area contributed by atoms with E-state index in [-0.39, 0.29) is 24.1 Å². The zero-order valence-electron chi connectivity index (χ0n) is 11.2. The van der Waals surface area contributed by atoms with Crippen molar-refractivity contribution >= 4 is 27.5 Å². The summed E-state index contributed by atoms with van der Waals surface area (Å²) in [7, 11) is -3.26. The second kappa shape index (κ2) is 7.42. The van der Waals surface area contributed by atoms with Gasteiger partial charge in [0.1, 0.15) is 0 Å². The van der Waals surface area contributed by atoms with E-state index in [9.17, 15) is 13.2 Å². The maximum atomic E-state index is 12.2. The lowest BCUT2D eigenvalue weighted by atomic mass is 10.3. The fourth-order valence-electron chi connectivity index (χ4n) is 2.11. The topological polar surface area (TPSA) is 83.7 Å². The van der Waals surface area contributed by atoms with Gasteiger partial charge in [-0.25, -0.2) is 12.7 Å². The molecule has 0 aromatic rings. The molecule has 1 aliphatic heterocycles. The third kappa shape index (κ3) is 5.64. The van der Waals surface area contributed by atoms with E-state index in [0.717, 1.165) is 0 Å². The molecular weight excluding hydrogens is 290 g/mol. The highest BCUT2D eigenvalue weighted by molar-refractivity contribution is 7.89. The Bertz CT molecular complexity index is 402. The number of primary amides is 1. The van der Waals surface area contributed by atoms with E-state index in [1.807, 2.05) is 11.8 Å². The summed E-state index contributed by atoms with van der Waals surface area (Å²) in [5, 5.41) is 0. The molecule has 0 aromatic carbocycles. The average Bonchev–Trinajstić information content (AvgIpc) is 2.53. The van der Waals surface area contributed by atoms with Crippen LogP contribution in [-0.2, 0) is 14.8 Å². The molecule has 0 spiro atoms. The van der Waals surface area contributed by atoms with Crippen molar-refractivity contribution in [1.29, 1.82) is 0 Å². The van der Waals surface area contributed by atoms with Gasteiger partial charge in [0.2, 0.25) is 15.9 Å². The van der Waals surface area contributed by atoms with Gasteiger partial charge in [0.15, 0.2) is 0 Å². The molecular formula is C11H22ClN3O3S. The Balaban J connectivity index is 2.58. The molecule has 1 atom stereocenters. The standard InChI is InChI=1S/C11H22ClN3O3S/c1-10(7-12)9-19(17,18)15-4-2-3-14(5-6-15)8-11(13)16/h10H,2-9H2,1H3,(H2,13,16). The van der Waals surface area contributed by atoms with Crippen molar-refractivity contribution in [2.45, 2.75) is 13.3 Å². The number of carbonyl (C=O) groups excluding carboxylic acids is 1. The maximum absolute atomic E-state index is 12.2. The van der Waals surface area contributed by atoms with Crippen LogP contribution in [0.15, 0.2) is 0 Å². The number of carbonyl (C=O) groups is 1. The Kier molecular flexibility index (Phi) is 6.52. The molecule has 0 saturated carbocycles. The van der Waals surface area contributed by atoms with Gasteiger partial charge in [0.05, 0.1) is 12.3 Å². The van der Waals surface area contributed by atoms with Crippen LogP contribution in [0, 0.1) is 5.92 Å². The number of nitrogens with zero attached hydrogens (tertiary/aromatic N) is 2. The quantitative estimate of drug-likeness (QED) is 0.682. The minimum Gasteiger partial charge on any atom is -0.369 e. The Morgan fingerprint density at radius 2 is 2.00 bits per heavy atom. The van der Waals surface area contributed by atoms with Crippen molar-refractivity contribution in [1.82, 2.24) is 9.21 Å². The highest BCUT2D eigenvalue weighted by Gasteiger charge is 2.26. The molecule has 6 nitrogen and oxygen atoms in total. The van der Waals surface area contributed by atoms with E-state index in [4.69, 9.17) is 17.3 Å². The maximum Gasteiger partial charge on any atom is 0.231 e. The highest BCUT2D eigenvalue weighted by Crippen LogP contribution is 2.12. The Morgan fingerprint density at radius 3 is 2.58 bits per heavy atom. The lowest BCUT2D eigenvalue weighted by Crippen LogP contribution is -2.39. The van der Waals surface area contributed by atoms with Gasteiger partial charge in [-0.1, -0.05) is 6.92 Å². The summed E-state index contributed by atoms with van der Waals surface area (Å²) >= 11 is 5.67. The molecule has 2 N–H and O–H groups in total. The lowest BCUT2D eigenvalue weighted by Gasteiger charge is -2.22. The van der Waals surface area contributed by atoms with Crippen LogP contribution in [0.2, 0.25) is 0 Å². The Labute approximate surface area is 119 Å². The number of rotatable bonds is 6. The van der Waals surface area contributed by atoms with Gasteiger partial charge >= 0.3 is 0 Å². The summed E-state index contributed by atoms with van der Waals surface area (Å²) in [4.78, 5) is 12.8. The summed E-state index contributed by atoms with van der Waals surface area (Å²) in [6.07, 6.45) is 0.710. The fourth-order valence-corrected chi connectivity index (χ4v) is 4.17. The monoisotopic (exact) mass is 311 g/mol. The minimum absolute atomic E-state index is 0.0587. The number of alkyl halides is 1. The van der Waals surface area contributed by atoms with Crippen LogP contribution >= 0.6 is 11.6 Å². The molecule has 19 heavy (non-hydrogen) atoms. The first-order valence-electron chi connectivity index (χ1n) is 6.39. The van der Waals surface area contributed by atoms with Crippen LogP contribution in [0.1, 0.15) is 13.3 Å². The SMILES string of the molecule is CC(CCl)CS(=O)(=O)N1CCCN(CC(N)=O)CC1. The highest BCUT2D eigenvalue weighted by atomic mass is 35.5. The summed E-state index contributed by atoms with van der Waals surface area (Å²) in [5.41, 5.74) is 5.15. The predicted molar refractivity (Wildman–Crippen MR) is 75.5 cm³/mol. The minimum atomic E-state index is -3.26. The molecule has 0 radical (unpaired) electrons. The van der Waals surface area contributed by atoms with Gasteiger partial charge < -0.3 is 5.73 Å². The number of halogens is 1. The van der Waals surface area contributed by atoms with Crippen LogP contribution < -0.4 is 5.73 Å². The predicted octanol–water partition coefficient (Wildman–Crippen LogP) is -0.316. The van der Waals surface area contributed by atoms with Gasteiger partial charge in [-0.15, -0.1) is 11.6 Å². The van der Waals surface area contributed by atoms with E-state index in [0.29, 0.717) is 38.5 Å². The molecule has 0 bridgehead atoms. The van der Waals surface area contributed by atoms with Crippen LogP contribution in [0.3, 0.4) is 0 Å². The number of nitrogens with two attached hydrogens (primary N) is 1. The number of amides is 1. The Morgan fingerprint density at radius 1 is 1.32 bits per heavy atom. The van der Waals surface area contributed by atoms with E-state index in [1.165, 1.54) is 4.31 Å². The third-order valence-electron chi connectivity index (χ3n) is 3.08. The fraction of sp³-hybridized carbons (Fsp3) is 0.909. The number of hydrogen-bond donors (Lipinski definition) is 1. The van der Waals surface area contributed by atoms with E-state index in [1.54, 1.807) is 0 Å². The molecule has 1 aliphatic rings. The van der Waals surface area contributed by atoms with Gasteiger partial charge in [-0.2, -0.15) is 0 Å². The largest absolute Gasteiger partial charge is 0.369 e. The molecule has 0 aromatic heterocycles. The zero-order valence-corrected chi connectivity index (χ0v) is 12.8. The summed E-state index contributed by atoms with van der Waals surface area (Å²) in [6.45, 7) is 4.14. The van der Waals surface area contributed by atoms with Gasteiger partial charge in [0.25, 0.3) is 0 Å². The second-order valence-corrected chi connectivity index (χ2v) is 7.36. The van der Waals surface area contributed by atoms with E-state index >= 15 is 0 Å². The summed E-state index contributed by atoms with van der Waals surface area (Å²) < 4.78 is 25.9. The molecule has 1 amide bonds. The third-order valence-corrected chi connectivity index (χ3v) is 5.75. The first-order valence-corrected chi connectivity index (χ1v) is 8.54. The van der Waals surface area contributed by atoms with Crippen molar-refractivity contribution < 1.29 is 13.2 Å². The Hall–Kier alpha value is -0.370. The zero-order chi connectivity index (χ0) is 14.5. The van der Waals surface area contributed by atoms with Crippen molar-refractivity contribution in [3.05, 3.63) is 0 Å². The smallest absolute Gasteiger partial charge is 0.231 e. The van der Waals surface area contributed by atoms with Crippen molar-refractivity contribution in [3.8, 4) is 0 Å². The molecule has 8 heteroatoms. The molecule has 112 valence electrons. The second-order valence-electron chi connectivity index (χ2n) is 5.03. The molecule has 1 unspecified atom stereocenters. The van der Waals surface area contributed by atoms with Crippen LogP contribution in [0.25, 0.3) is 0 Å². The van der Waals surface area contributed by atoms with Crippen molar-refractivity contribution in [2.75, 3.05) is 44.4 Å². The average molecular weight is 312 g/mol. The van der Waals surface area contributed by atoms with Gasteiger partial charge in [-0.05, 0) is 18.9 Å². The van der Waals surface area contributed by atoms with Crippen molar-refractivity contribution in [3.63, 3.8) is 0 Å². The molecule has 1 heterocycles. The number of hydrogen-bond acceptors (Lipinski definition) is 4. The van der Waals surface area contributed by atoms with E-state index in [2.05, 4.69) is 0 Å². The molecule has 1 saturated heterocycles. The first kappa shape index (κ1) is 16.7. The molecule has 1 rings (SSSR count). The van der Waals surface area contributed by atoms with Crippen LogP contribution in [0.4, 0.5) is 0 Å². The van der Waals surface area contributed by atoms with E-state index < -0.39 is 10.0 Å². The van der Waals surface area contributed by atoms with Gasteiger partial charge in [-0.3, -0.25) is 9.69 Å². The molecule has 0 aliphatic carbocycles. The normalized spacial score (nSPS) is 20.9. The summed E-state index contributed by atoms with van der Waals surface area (Å²) in [6, 6.07) is 0. The first-order chi connectivity index (χ1) is 8.85. The lowest BCUT2D eigenvalue weighted by molar-refractivity contribution is -0.119. The summed E-state index contributed by atoms with van der Waals surface area (Å²) in [5.74, 6) is -0.0311. The van der Waals surface area contributed by atoms with Crippen LogP contribution in [-0.4, -0.2) is 67.9 Å². The van der Waals surface area contributed by atoms with Crippen molar-refractivity contribution in [2.24, 2.45) is 11.7 Å².